The van der Waals surface area contributed by atoms with Gasteiger partial charge >= 0.3 is 0 Å². The second kappa shape index (κ2) is 3.27. The lowest BCUT2D eigenvalue weighted by atomic mass is 9.95. The van der Waals surface area contributed by atoms with Crippen molar-refractivity contribution in [3.05, 3.63) is 16.8 Å². The van der Waals surface area contributed by atoms with Crippen LogP contribution in [0.5, 0.6) is 0 Å². The first-order valence-electron chi connectivity index (χ1n) is 3.87. The Kier molecular flexibility index (Phi) is 2.52. The van der Waals surface area contributed by atoms with Crippen molar-refractivity contribution in [1.82, 2.24) is 0 Å². The van der Waals surface area contributed by atoms with Crippen molar-refractivity contribution in [3.63, 3.8) is 0 Å². The fraction of sp³-hybridized carbons (Fsp3) is 0.444. The lowest BCUT2D eigenvalue weighted by molar-refractivity contribution is 0.585. The van der Waals surface area contributed by atoms with Gasteiger partial charge in [-0.3, -0.25) is 0 Å². The van der Waals surface area contributed by atoms with Crippen molar-refractivity contribution >= 4 is 22.9 Å². The number of amidine groups is 1. The van der Waals surface area contributed by atoms with Gasteiger partial charge in [-0.25, -0.2) is 4.99 Å². The van der Waals surface area contributed by atoms with Crippen molar-refractivity contribution in [2.45, 2.75) is 20.8 Å². The summed E-state index contributed by atoms with van der Waals surface area (Å²) in [6.07, 6.45) is 0. The van der Waals surface area contributed by atoms with Crippen molar-refractivity contribution in [2.24, 2.45) is 16.1 Å². The van der Waals surface area contributed by atoms with E-state index in [0.29, 0.717) is 5.84 Å². The first-order chi connectivity index (χ1) is 5.50. The van der Waals surface area contributed by atoms with E-state index in [1.54, 1.807) is 11.3 Å². The quantitative estimate of drug-likeness (QED) is 0.526. The van der Waals surface area contributed by atoms with E-state index < -0.39 is 0 Å². The maximum absolute atomic E-state index is 5.80. The molecule has 0 radical (unpaired) electrons. The Labute approximate surface area is 77.1 Å². The standard InChI is InChI=1S/C9H14N2S/c1-9(2,3)8(10)11-7-4-5-12-6-7/h4-6H,1-3H3,(H2,10,11). The van der Waals surface area contributed by atoms with Gasteiger partial charge in [0.15, 0.2) is 0 Å². The van der Waals surface area contributed by atoms with Crippen LogP contribution < -0.4 is 5.73 Å². The van der Waals surface area contributed by atoms with E-state index in [-0.39, 0.29) is 5.41 Å². The molecule has 3 heteroatoms. The SMILES string of the molecule is CC(C)(C)C(N)=Nc1ccsc1. The van der Waals surface area contributed by atoms with Crippen LogP contribution in [-0.4, -0.2) is 5.84 Å². The summed E-state index contributed by atoms with van der Waals surface area (Å²) in [5.41, 5.74) is 6.71. The zero-order chi connectivity index (χ0) is 9.19. The van der Waals surface area contributed by atoms with E-state index in [0.717, 1.165) is 5.69 Å². The smallest absolute Gasteiger partial charge is 0.105 e. The number of nitrogens with zero attached hydrogens (tertiary/aromatic N) is 1. The Morgan fingerprint density at radius 3 is 2.58 bits per heavy atom. The number of thiophene rings is 1. The van der Waals surface area contributed by atoms with Gasteiger partial charge in [-0.2, -0.15) is 11.3 Å². The summed E-state index contributed by atoms with van der Waals surface area (Å²) < 4.78 is 0. The minimum Gasteiger partial charge on any atom is -0.387 e. The van der Waals surface area contributed by atoms with Crippen LogP contribution in [0.3, 0.4) is 0 Å². The molecule has 1 aromatic rings. The molecule has 0 aliphatic rings. The van der Waals surface area contributed by atoms with Gasteiger partial charge in [-0.05, 0) is 11.4 Å². The molecule has 12 heavy (non-hydrogen) atoms. The molecule has 0 spiro atoms. The van der Waals surface area contributed by atoms with Crippen molar-refractivity contribution < 1.29 is 0 Å². The molecule has 1 aromatic heterocycles. The van der Waals surface area contributed by atoms with Crippen LogP contribution in [0, 0.1) is 5.41 Å². The Bertz CT molecular complexity index is 267. The third kappa shape index (κ3) is 2.34. The van der Waals surface area contributed by atoms with E-state index in [2.05, 4.69) is 25.8 Å². The molecular formula is C9H14N2S. The van der Waals surface area contributed by atoms with Crippen LogP contribution in [0.25, 0.3) is 0 Å². The Morgan fingerprint density at radius 2 is 2.17 bits per heavy atom. The molecule has 0 aliphatic heterocycles. The molecule has 0 saturated carbocycles. The summed E-state index contributed by atoms with van der Waals surface area (Å²) in [5, 5.41) is 3.98. The van der Waals surface area contributed by atoms with Crippen LogP contribution in [-0.2, 0) is 0 Å². The molecule has 0 atom stereocenters. The molecule has 1 heterocycles. The highest BCUT2D eigenvalue weighted by Crippen LogP contribution is 2.20. The molecule has 0 aliphatic carbocycles. The molecule has 2 nitrogen and oxygen atoms in total. The molecule has 1 rings (SSSR count). The molecule has 66 valence electrons. The monoisotopic (exact) mass is 182 g/mol. The van der Waals surface area contributed by atoms with Gasteiger partial charge in [-0.15, -0.1) is 0 Å². The maximum Gasteiger partial charge on any atom is 0.105 e. The van der Waals surface area contributed by atoms with Gasteiger partial charge in [0, 0.05) is 10.8 Å². The summed E-state index contributed by atoms with van der Waals surface area (Å²) in [6, 6.07) is 1.96. The molecule has 2 N–H and O–H groups in total. The summed E-state index contributed by atoms with van der Waals surface area (Å²) >= 11 is 1.63. The minimum absolute atomic E-state index is 0.0397. The number of hydrogen-bond donors (Lipinski definition) is 1. The van der Waals surface area contributed by atoms with Crippen molar-refractivity contribution in [2.75, 3.05) is 0 Å². The molecule has 0 saturated heterocycles. The average Bonchev–Trinajstić information content (AvgIpc) is 2.37. The maximum atomic E-state index is 5.80. The molecule has 0 unspecified atom stereocenters. The van der Waals surface area contributed by atoms with Crippen molar-refractivity contribution in [1.29, 1.82) is 0 Å². The van der Waals surface area contributed by atoms with E-state index >= 15 is 0 Å². The highest BCUT2D eigenvalue weighted by Gasteiger charge is 2.15. The molecular weight excluding hydrogens is 168 g/mol. The third-order valence-corrected chi connectivity index (χ3v) is 2.19. The predicted octanol–water partition coefficient (Wildman–Crippen LogP) is 2.78. The summed E-state index contributed by atoms with van der Waals surface area (Å²) in [4.78, 5) is 4.30. The predicted molar refractivity (Wildman–Crippen MR) is 55.1 cm³/mol. The van der Waals surface area contributed by atoms with Gasteiger partial charge in [0.2, 0.25) is 0 Å². The highest BCUT2D eigenvalue weighted by atomic mass is 32.1. The topological polar surface area (TPSA) is 38.4 Å². The van der Waals surface area contributed by atoms with Crippen LogP contribution in [0.1, 0.15) is 20.8 Å². The highest BCUT2D eigenvalue weighted by molar-refractivity contribution is 7.08. The lowest BCUT2D eigenvalue weighted by Gasteiger charge is -2.16. The van der Waals surface area contributed by atoms with Crippen LogP contribution in [0.15, 0.2) is 21.8 Å². The second-order valence-corrected chi connectivity index (χ2v) is 4.51. The van der Waals surface area contributed by atoms with Gasteiger partial charge in [0.05, 0.1) is 5.69 Å². The van der Waals surface area contributed by atoms with Crippen LogP contribution >= 0.6 is 11.3 Å². The fourth-order valence-electron chi connectivity index (χ4n) is 0.628. The van der Waals surface area contributed by atoms with Crippen LogP contribution in [0.4, 0.5) is 5.69 Å². The average molecular weight is 182 g/mol. The zero-order valence-corrected chi connectivity index (χ0v) is 8.48. The number of hydrogen-bond acceptors (Lipinski definition) is 2. The molecule has 0 aromatic carbocycles. The lowest BCUT2D eigenvalue weighted by Crippen LogP contribution is -2.28. The van der Waals surface area contributed by atoms with Gasteiger partial charge in [0.25, 0.3) is 0 Å². The Hall–Kier alpha value is -0.830. The van der Waals surface area contributed by atoms with E-state index in [9.17, 15) is 0 Å². The third-order valence-electron chi connectivity index (χ3n) is 1.52. The number of rotatable bonds is 1. The normalized spacial score (nSPS) is 13.4. The van der Waals surface area contributed by atoms with E-state index in [1.165, 1.54) is 0 Å². The zero-order valence-electron chi connectivity index (χ0n) is 7.66. The summed E-state index contributed by atoms with van der Waals surface area (Å²) in [7, 11) is 0. The summed E-state index contributed by atoms with van der Waals surface area (Å²) in [6.45, 7) is 6.16. The van der Waals surface area contributed by atoms with Gasteiger partial charge in [0.1, 0.15) is 5.84 Å². The summed E-state index contributed by atoms with van der Waals surface area (Å²) in [5.74, 6) is 0.681. The van der Waals surface area contributed by atoms with Gasteiger partial charge in [-0.1, -0.05) is 20.8 Å². The van der Waals surface area contributed by atoms with E-state index in [4.69, 9.17) is 5.73 Å². The first kappa shape index (κ1) is 9.26. The van der Waals surface area contributed by atoms with Crippen molar-refractivity contribution in [3.8, 4) is 0 Å². The minimum atomic E-state index is -0.0397. The van der Waals surface area contributed by atoms with Gasteiger partial charge < -0.3 is 5.73 Å². The Balaban J connectivity index is 2.84. The Morgan fingerprint density at radius 1 is 1.50 bits per heavy atom. The number of nitrogens with two attached hydrogens (primary N) is 1. The van der Waals surface area contributed by atoms with Crippen LogP contribution in [0.2, 0.25) is 0 Å². The molecule has 0 fully saturated rings. The number of aliphatic imine (C=N–C) groups is 1. The molecule has 0 bridgehead atoms. The second-order valence-electron chi connectivity index (χ2n) is 3.73. The fourth-order valence-corrected chi connectivity index (χ4v) is 1.19. The molecule has 0 amide bonds. The largest absolute Gasteiger partial charge is 0.387 e. The van der Waals surface area contributed by atoms with E-state index in [1.807, 2.05) is 16.8 Å². The first-order valence-corrected chi connectivity index (χ1v) is 4.81.